The van der Waals surface area contributed by atoms with E-state index in [9.17, 15) is 4.79 Å². The number of ether oxygens (including phenoxy) is 2. The zero-order chi connectivity index (χ0) is 17.5. The summed E-state index contributed by atoms with van der Waals surface area (Å²) >= 11 is 0. The number of fused-ring (bicyclic) bond motifs is 1. The van der Waals surface area contributed by atoms with E-state index in [4.69, 9.17) is 13.9 Å². The fraction of sp³-hybridized carbons (Fsp3) is 0.611. The van der Waals surface area contributed by atoms with Crippen LogP contribution in [0.15, 0.2) is 30.3 Å². The van der Waals surface area contributed by atoms with Crippen molar-refractivity contribution in [3.63, 3.8) is 0 Å². The molecule has 3 rings (SSSR count). The predicted molar refractivity (Wildman–Crippen MR) is 93.9 cm³/mol. The Labute approximate surface area is 144 Å². The molecule has 4 atom stereocenters. The van der Waals surface area contributed by atoms with Crippen molar-refractivity contribution in [3.8, 4) is 0 Å². The molecule has 1 N–H and O–H groups in total. The van der Waals surface area contributed by atoms with Gasteiger partial charge in [0.25, 0.3) is 0 Å². The number of benzene rings is 1. The molecule has 0 spiro atoms. The normalized spacial score (nSPS) is 29.2. The second kappa shape index (κ2) is 6.26. The van der Waals surface area contributed by atoms with Gasteiger partial charge in [0.15, 0.2) is 20.7 Å². The number of carbonyl (C=O) groups is 1. The highest BCUT2D eigenvalue weighted by atomic mass is 28.4. The van der Waals surface area contributed by atoms with Crippen LogP contribution in [0.2, 0.25) is 18.1 Å². The fourth-order valence-electron chi connectivity index (χ4n) is 2.59. The summed E-state index contributed by atoms with van der Waals surface area (Å²) in [5.41, 5.74) is 0.971. The van der Waals surface area contributed by atoms with Crippen LogP contribution in [0.4, 0.5) is 0 Å². The molecule has 0 radical (unpaired) electrons. The van der Waals surface area contributed by atoms with Crippen LogP contribution in [-0.2, 0) is 25.3 Å². The van der Waals surface area contributed by atoms with Crippen LogP contribution in [0, 0.1) is 0 Å². The topological polar surface area (TPSA) is 66.7 Å². The Bertz CT molecular complexity index is 599. The average Bonchev–Trinajstić information content (AvgIpc) is 3.22. The van der Waals surface area contributed by atoms with E-state index in [-0.39, 0.29) is 36.0 Å². The maximum absolute atomic E-state index is 12.3. The monoisotopic (exact) mass is 349 g/mol. The van der Waals surface area contributed by atoms with Gasteiger partial charge in [-0.15, -0.1) is 0 Å². The molecule has 2 fully saturated rings. The van der Waals surface area contributed by atoms with Crippen molar-refractivity contribution in [1.82, 2.24) is 5.32 Å². The largest absolute Gasteiger partial charge is 0.459 e. The molecule has 6 heteroatoms. The van der Waals surface area contributed by atoms with Crippen LogP contribution in [0.5, 0.6) is 0 Å². The van der Waals surface area contributed by atoms with E-state index in [1.165, 1.54) is 0 Å². The van der Waals surface area contributed by atoms with Crippen molar-refractivity contribution >= 4 is 14.3 Å². The van der Waals surface area contributed by atoms with Gasteiger partial charge in [-0.05, 0) is 23.7 Å². The lowest BCUT2D eigenvalue weighted by atomic mass is 10.2. The fourth-order valence-corrected chi connectivity index (χ4v) is 3.72. The molecule has 2 aliphatic heterocycles. The summed E-state index contributed by atoms with van der Waals surface area (Å²) in [6.07, 6.45) is -0.932. The predicted octanol–water partition coefficient (Wildman–Crippen LogP) is 2.82. The molecular formula is C18H27NO4Si. The molecule has 0 bridgehead atoms. The van der Waals surface area contributed by atoms with E-state index in [2.05, 4.69) is 39.2 Å². The van der Waals surface area contributed by atoms with Crippen LogP contribution >= 0.6 is 0 Å². The molecule has 24 heavy (non-hydrogen) atoms. The van der Waals surface area contributed by atoms with E-state index in [0.717, 1.165) is 5.56 Å². The van der Waals surface area contributed by atoms with Gasteiger partial charge in [-0.3, -0.25) is 0 Å². The Kier molecular flexibility index (Phi) is 4.59. The summed E-state index contributed by atoms with van der Waals surface area (Å²) in [4.78, 5) is 12.3. The summed E-state index contributed by atoms with van der Waals surface area (Å²) in [7, 11) is -1.94. The third-order valence-electron chi connectivity index (χ3n) is 5.24. The minimum Gasteiger partial charge on any atom is -0.459 e. The Morgan fingerprint density at radius 3 is 2.50 bits per heavy atom. The van der Waals surface area contributed by atoms with Crippen LogP contribution < -0.4 is 5.32 Å². The Balaban J connectivity index is 1.55. The zero-order valence-corrected chi connectivity index (χ0v) is 16.0. The van der Waals surface area contributed by atoms with Gasteiger partial charge in [0.1, 0.15) is 6.61 Å². The van der Waals surface area contributed by atoms with E-state index in [0.29, 0.717) is 0 Å². The molecule has 5 nitrogen and oxygen atoms in total. The SMILES string of the molecule is CC(C)(C)[Si](C)(C)O[C@@H]1O[C@H](C(=O)OCc2ccccc2)[C@@H]2N[C@H]12. The molecule has 0 aliphatic carbocycles. The molecule has 2 aliphatic rings. The first kappa shape index (κ1) is 17.6. The third-order valence-corrected chi connectivity index (χ3v) is 9.67. The molecule has 2 saturated heterocycles. The molecule has 1 aromatic carbocycles. The van der Waals surface area contributed by atoms with E-state index in [1.54, 1.807) is 0 Å². The minimum atomic E-state index is -1.94. The van der Waals surface area contributed by atoms with Gasteiger partial charge in [-0.25, -0.2) is 4.79 Å². The van der Waals surface area contributed by atoms with Gasteiger partial charge < -0.3 is 19.2 Å². The van der Waals surface area contributed by atoms with Gasteiger partial charge in [0, 0.05) is 0 Å². The van der Waals surface area contributed by atoms with Gasteiger partial charge in [0.2, 0.25) is 0 Å². The number of carbonyl (C=O) groups excluding carboxylic acids is 1. The first-order valence-corrected chi connectivity index (χ1v) is 11.4. The second-order valence-electron chi connectivity index (χ2n) is 8.11. The number of rotatable bonds is 5. The summed E-state index contributed by atoms with van der Waals surface area (Å²) in [6, 6.07) is 9.78. The summed E-state index contributed by atoms with van der Waals surface area (Å²) < 4.78 is 17.6. The number of hydrogen-bond acceptors (Lipinski definition) is 5. The first-order valence-electron chi connectivity index (χ1n) is 8.49. The molecule has 1 aromatic rings. The van der Waals surface area contributed by atoms with E-state index in [1.807, 2.05) is 30.3 Å². The standard InChI is InChI=1S/C18H27NO4Si/c1-18(2,3)24(4,5)23-17-14-13(19-14)15(22-17)16(20)21-11-12-9-7-6-8-10-12/h6-10,13-15,17,19H,11H2,1-5H3/t13-,14+,15+,17+/m1/s1. The van der Waals surface area contributed by atoms with Crippen LogP contribution in [0.25, 0.3) is 0 Å². The number of morpholine rings is 1. The van der Waals surface area contributed by atoms with Crippen LogP contribution in [-0.4, -0.2) is 38.8 Å². The molecular weight excluding hydrogens is 322 g/mol. The van der Waals surface area contributed by atoms with Crippen molar-refractivity contribution in [2.45, 2.75) is 70.0 Å². The number of hydrogen-bond donors (Lipinski definition) is 1. The zero-order valence-electron chi connectivity index (χ0n) is 15.0. The highest BCUT2D eigenvalue weighted by molar-refractivity contribution is 6.74. The van der Waals surface area contributed by atoms with Crippen molar-refractivity contribution in [2.24, 2.45) is 0 Å². The van der Waals surface area contributed by atoms with E-state index < -0.39 is 14.4 Å². The lowest BCUT2D eigenvalue weighted by Crippen LogP contribution is -2.46. The average molecular weight is 350 g/mol. The third kappa shape index (κ3) is 3.56. The number of nitrogens with one attached hydrogen (secondary N) is 1. The van der Waals surface area contributed by atoms with Crippen molar-refractivity contribution in [1.29, 1.82) is 0 Å². The van der Waals surface area contributed by atoms with Crippen molar-refractivity contribution in [3.05, 3.63) is 35.9 Å². The molecule has 2 heterocycles. The minimum absolute atomic E-state index is 0.0167. The van der Waals surface area contributed by atoms with Crippen LogP contribution in [0.1, 0.15) is 26.3 Å². The summed E-state index contributed by atoms with van der Waals surface area (Å²) in [6.45, 7) is 11.2. The van der Waals surface area contributed by atoms with Gasteiger partial charge in [-0.1, -0.05) is 51.1 Å². The maximum Gasteiger partial charge on any atom is 0.337 e. The first-order chi connectivity index (χ1) is 11.2. The Hall–Kier alpha value is -1.21. The summed E-state index contributed by atoms with van der Waals surface area (Å²) in [5.74, 6) is -0.319. The van der Waals surface area contributed by atoms with Gasteiger partial charge in [0.05, 0.1) is 12.1 Å². The smallest absolute Gasteiger partial charge is 0.337 e. The van der Waals surface area contributed by atoms with Gasteiger partial charge >= 0.3 is 5.97 Å². The number of esters is 1. The van der Waals surface area contributed by atoms with Crippen LogP contribution in [0.3, 0.4) is 0 Å². The molecule has 0 unspecified atom stereocenters. The second-order valence-corrected chi connectivity index (χ2v) is 12.9. The maximum atomic E-state index is 12.3. The van der Waals surface area contributed by atoms with Crippen molar-refractivity contribution < 1.29 is 18.7 Å². The summed E-state index contributed by atoms with van der Waals surface area (Å²) in [5, 5.41) is 3.40. The van der Waals surface area contributed by atoms with Gasteiger partial charge in [-0.2, -0.15) is 0 Å². The van der Waals surface area contributed by atoms with E-state index >= 15 is 0 Å². The Morgan fingerprint density at radius 1 is 1.21 bits per heavy atom. The molecule has 0 aromatic heterocycles. The quantitative estimate of drug-likeness (QED) is 0.503. The lowest BCUT2D eigenvalue weighted by molar-refractivity contribution is -0.169. The highest BCUT2D eigenvalue weighted by Crippen LogP contribution is 2.41. The molecule has 0 saturated carbocycles. The highest BCUT2D eigenvalue weighted by Gasteiger charge is 2.61. The lowest BCUT2D eigenvalue weighted by Gasteiger charge is -2.38. The molecule has 132 valence electrons. The van der Waals surface area contributed by atoms with Crippen molar-refractivity contribution in [2.75, 3.05) is 0 Å². The molecule has 0 amide bonds. The Morgan fingerprint density at radius 2 is 1.88 bits per heavy atom.